The van der Waals surface area contributed by atoms with Crippen molar-refractivity contribution in [3.63, 3.8) is 0 Å². The Morgan fingerprint density at radius 3 is 2.33 bits per heavy atom. The summed E-state index contributed by atoms with van der Waals surface area (Å²) in [5.74, 6) is -0.495. The summed E-state index contributed by atoms with van der Waals surface area (Å²) < 4.78 is 0. The van der Waals surface area contributed by atoms with Crippen LogP contribution in [0.3, 0.4) is 0 Å². The first-order valence-electron chi connectivity index (χ1n) is 2.85. The topological polar surface area (TPSA) is 59.6 Å². The number of rotatable bonds is 3. The summed E-state index contributed by atoms with van der Waals surface area (Å²) >= 11 is 0. The smallest absolute Gasteiger partial charge is 0.145 e. The number of nitriles is 2. The van der Waals surface area contributed by atoms with E-state index < -0.39 is 5.92 Å². The molecule has 0 aromatic carbocycles. The predicted molar refractivity (Wildman–Crippen MR) is 33.3 cm³/mol. The average Bonchev–Trinajstić information content (AvgIpc) is 1.91. The predicted octanol–water partition coefficient (Wildman–Crippen LogP) is 0.259. The van der Waals surface area contributed by atoms with Gasteiger partial charge in [0.2, 0.25) is 0 Å². The molecule has 0 amide bonds. The van der Waals surface area contributed by atoms with E-state index in [4.69, 9.17) is 10.5 Å². The molecule has 0 spiro atoms. The van der Waals surface area contributed by atoms with Crippen LogP contribution >= 0.6 is 0 Å². The van der Waals surface area contributed by atoms with Crippen LogP contribution in [0.5, 0.6) is 0 Å². The molecular weight excluding hydrogens is 114 g/mol. The van der Waals surface area contributed by atoms with Crippen molar-refractivity contribution < 1.29 is 0 Å². The number of nitrogens with one attached hydrogen (secondary N) is 1. The fourth-order valence-corrected chi connectivity index (χ4v) is 0.409. The van der Waals surface area contributed by atoms with E-state index in [0.717, 1.165) is 6.54 Å². The maximum atomic E-state index is 8.24. The molecule has 0 bridgehead atoms. The molecule has 0 aliphatic rings. The van der Waals surface area contributed by atoms with Crippen LogP contribution in [0.4, 0.5) is 0 Å². The van der Waals surface area contributed by atoms with Gasteiger partial charge in [0.15, 0.2) is 0 Å². The van der Waals surface area contributed by atoms with E-state index in [9.17, 15) is 0 Å². The van der Waals surface area contributed by atoms with Gasteiger partial charge in [-0.25, -0.2) is 0 Å². The second kappa shape index (κ2) is 5.08. The van der Waals surface area contributed by atoms with Gasteiger partial charge in [0.1, 0.15) is 5.92 Å². The highest BCUT2D eigenvalue weighted by atomic mass is 14.8. The fourth-order valence-electron chi connectivity index (χ4n) is 0.409. The van der Waals surface area contributed by atoms with Gasteiger partial charge < -0.3 is 5.32 Å². The molecule has 0 fully saturated rings. The standard InChI is InChI=1S/C6H9N3/c1-2-9-5-6(3-7)4-8/h6,9H,2,5H2,1H3. The van der Waals surface area contributed by atoms with Gasteiger partial charge >= 0.3 is 0 Å². The summed E-state index contributed by atoms with van der Waals surface area (Å²) in [5, 5.41) is 19.4. The molecule has 0 radical (unpaired) electrons. The van der Waals surface area contributed by atoms with Crippen LogP contribution in [0.25, 0.3) is 0 Å². The van der Waals surface area contributed by atoms with E-state index in [1.54, 1.807) is 0 Å². The van der Waals surface area contributed by atoms with Crippen molar-refractivity contribution in [1.29, 1.82) is 10.5 Å². The zero-order valence-corrected chi connectivity index (χ0v) is 5.39. The second-order valence-corrected chi connectivity index (χ2v) is 1.62. The summed E-state index contributed by atoms with van der Waals surface area (Å²) in [6.45, 7) is 3.22. The maximum Gasteiger partial charge on any atom is 0.145 e. The monoisotopic (exact) mass is 123 g/mol. The van der Waals surface area contributed by atoms with Crippen LogP contribution in [0.15, 0.2) is 0 Å². The lowest BCUT2D eigenvalue weighted by Crippen LogP contribution is -2.20. The zero-order chi connectivity index (χ0) is 7.11. The Hall–Kier alpha value is -1.06. The summed E-state index contributed by atoms with van der Waals surface area (Å²) in [6, 6.07) is 3.73. The zero-order valence-electron chi connectivity index (χ0n) is 5.39. The van der Waals surface area contributed by atoms with E-state index in [0.29, 0.717) is 6.54 Å². The van der Waals surface area contributed by atoms with Crippen LogP contribution < -0.4 is 5.32 Å². The molecule has 0 aromatic heterocycles. The molecule has 3 heteroatoms. The largest absolute Gasteiger partial charge is 0.315 e. The fraction of sp³-hybridized carbons (Fsp3) is 0.667. The number of hydrogen-bond acceptors (Lipinski definition) is 3. The Labute approximate surface area is 54.9 Å². The van der Waals surface area contributed by atoms with E-state index >= 15 is 0 Å². The van der Waals surface area contributed by atoms with Crippen LogP contribution in [-0.2, 0) is 0 Å². The normalized spacial score (nSPS) is 8.44. The first-order chi connectivity index (χ1) is 4.35. The van der Waals surface area contributed by atoms with E-state index in [2.05, 4.69) is 5.32 Å². The number of hydrogen-bond donors (Lipinski definition) is 1. The molecule has 1 N–H and O–H groups in total. The summed E-state index contributed by atoms with van der Waals surface area (Å²) in [6.07, 6.45) is 0. The lowest BCUT2D eigenvalue weighted by Gasteiger charge is -1.97. The minimum Gasteiger partial charge on any atom is -0.315 e. The SMILES string of the molecule is CCNCC(C#N)C#N. The van der Waals surface area contributed by atoms with Gasteiger partial charge in [0.25, 0.3) is 0 Å². The van der Waals surface area contributed by atoms with Gasteiger partial charge in [-0.3, -0.25) is 0 Å². The van der Waals surface area contributed by atoms with E-state index in [-0.39, 0.29) is 0 Å². The van der Waals surface area contributed by atoms with E-state index in [1.807, 2.05) is 19.1 Å². The molecular formula is C6H9N3. The molecule has 9 heavy (non-hydrogen) atoms. The Kier molecular flexibility index (Phi) is 4.49. The Morgan fingerprint density at radius 2 is 2.00 bits per heavy atom. The number of nitrogens with zero attached hydrogens (tertiary/aromatic N) is 2. The molecule has 0 aromatic rings. The highest BCUT2D eigenvalue weighted by molar-refractivity contribution is 4.99. The first kappa shape index (κ1) is 7.94. The van der Waals surface area contributed by atoms with Crippen LogP contribution in [0, 0.1) is 28.6 Å². The van der Waals surface area contributed by atoms with Gasteiger partial charge in [-0.2, -0.15) is 10.5 Å². The molecule has 0 aliphatic carbocycles. The highest BCUT2D eigenvalue weighted by Crippen LogP contribution is 1.86. The molecule has 0 atom stereocenters. The first-order valence-corrected chi connectivity index (χ1v) is 2.85. The second-order valence-electron chi connectivity index (χ2n) is 1.62. The van der Waals surface area contributed by atoms with Crippen molar-refractivity contribution in [2.45, 2.75) is 6.92 Å². The molecule has 48 valence electrons. The summed E-state index contributed by atoms with van der Waals surface area (Å²) in [4.78, 5) is 0. The quantitative estimate of drug-likeness (QED) is 0.585. The molecule has 3 nitrogen and oxygen atoms in total. The molecule has 0 rings (SSSR count). The van der Waals surface area contributed by atoms with Crippen molar-refractivity contribution >= 4 is 0 Å². The molecule has 0 unspecified atom stereocenters. The van der Waals surface area contributed by atoms with Crippen molar-refractivity contribution in [3.05, 3.63) is 0 Å². The third kappa shape index (κ3) is 3.52. The lowest BCUT2D eigenvalue weighted by atomic mass is 10.2. The van der Waals surface area contributed by atoms with Gasteiger partial charge in [0.05, 0.1) is 12.1 Å². The molecule has 0 aliphatic heterocycles. The highest BCUT2D eigenvalue weighted by Gasteiger charge is 2.01. The van der Waals surface area contributed by atoms with Crippen molar-refractivity contribution in [3.8, 4) is 12.1 Å². The Bertz CT molecular complexity index is 125. The molecule has 0 saturated carbocycles. The van der Waals surface area contributed by atoms with Crippen molar-refractivity contribution in [1.82, 2.24) is 5.32 Å². The van der Waals surface area contributed by atoms with Crippen molar-refractivity contribution in [2.24, 2.45) is 5.92 Å². The van der Waals surface area contributed by atoms with Crippen LogP contribution in [0.2, 0.25) is 0 Å². The maximum absolute atomic E-state index is 8.24. The lowest BCUT2D eigenvalue weighted by molar-refractivity contribution is 0.666. The minimum absolute atomic E-state index is 0.476. The van der Waals surface area contributed by atoms with Gasteiger partial charge in [-0.05, 0) is 6.54 Å². The molecule has 0 heterocycles. The van der Waals surface area contributed by atoms with E-state index in [1.165, 1.54) is 0 Å². The Morgan fingerprint density at radius 1 is 1.44 bits per heavy atom. The average molecular weight is 123 g/mol. The van der Waals surface area contributed by atoms with Crippen molar-refractivity contribution in [2.75, 3.05) is 13.1 Å². The summed E-state index contributed by atoms with van der Waals surface area (Å²) in [5.41, 5.74) is 0. The Balaban J connectivity index is 3.38. The van der Waals surface area contributed by atoms with Gasteiger partial charge in [-0.1, -0.05) is 6.92 Å². The third-order valence-corrected chi connectivity index (χ3v) is 0.910. The molecule has 0 saturated heterocycles. The van der Waals surface area contributed by atoms with Crippen LogP contribution in [-0.4, -0.2) is 13.1 Å². The van der Waals surface area contributed by atoms with Crippen LogP contribution in [0.1, 0.15) is 6.92 Å². The minimum atomic E-state index is -0.495. The van der Waals surface area contributed by atoms with Gasteiger partial charge in [0, 0.05) is 6.54 Å². The summed E-state index contributed by atoms with van der Waals surface area (Å²) in [7, 11) is 0. The third-order valence-electron chi connectivity index (χ3n) is 0.910. The van der Waals surface area contributed by atoms with Gasteiger partial charge in [-0.15, -0.1) is 0 Å².